The number of carbonyl (C=O) groups excluding carboxylic acids is 1. The Kier molecular flexibility index (Phi) is 6.01. The Hall–Kier alpha value is -1.13. The fraction of sp³-hybridized carbons (Fsp3) is 0.500. The van der Waals surface area contributed by atoms with Crippen molar-refractivity contribution in [3.8, 4) is 0 Å². The summed E-state index contributed by atoms with van der Waals surface area (Å²) < 4.78 is 4.06. The molecule has 0 aliphatic carbocycles. The third-order valence-electron chi connectivity index (χ3n) is 0.450. The van der Waals surface area contributed by atoms with Crippen LogP contribution < -0.4 is 0 Å². The van der Waals surface area contributed by atoms with Gasteiger partial charge in [0, 0.05) is 0 Å². The van der Waals surface area contributed by atoms with Crippen LogP contribution in [-0.4, -0.2) is 23.7 Å². The predicted molar refractivity (Wildman–Crippen MR) is 26.8 cm³/mol. The van der Waals surface area contributed by atoms with E-state index in [4.69, 9.17) is 5.11 Å². The summed E-state index contributed by atoms with van der Waals surface area (Å²) in [6.07, 6.45) is 0. The van der Waals surface area contributed by atoms with Gasteiger partial charge >= 0.3 is 11.9 Å². The van der Waals surface area contributed by atoms with Gasteiger partial charge in [0.05, 0.1) is 6.61 Å². The number of hydrogen-bond acceptors (Lipinski definition) is 3. The van der Waals surface area contributed by atoms with Gasteiger partial charge in [-0.2, -0.15) is 0 Å². The summed E-state index contributed by atoms with van der Waals surface area (Å²) in [5.41, 5.74) is 0. The molecule has 0 bridgehead atoms. The zero-order chi connectivity index (χ0) is 6.57. The quantitative estimate of drug-likeness (QED) is 0.402. The topological polar surface area (TPSA) is 63.6 Å². The van der Waals surface area contributed by atoms with E-state index in [2.05, 4.69) is 4.74 Å². The maximum absolute atomic E-state index is 9.92. The van der Waals surface area contributed by atoms with Gasteiger partial charge < -0.3 is 9.84 Å². The van der Waals surface area contributed by atoms with Crippen LogP contribution in [0.1, 0.15) is 6.92 Å². The summed E-state index contributed by atoms with van der Waals surface area (Å²) in [6.45, 7) is 1.64. The Morgan fingerprint density at radius 2 is 2.00 bits per heavy atom. The third kappa shape index (κ3) is 4.73. The largest absolute Gasteiger partial charge is 0.473 e. The first-order valence-corrected chi connectivity index (χ1v) is 2.08. The number of ether oxygens (including phenoxy) is 1. The SMILES string of the molecule is CCOC(=O)C(=O)O.F. The van der Waals surface area contributed by atoms with Gasteiger partial charge in [-0.3, -0.25) is 4.70 Å². The van der Waals surface area contributed by atoms with E-state index in [0.29, 0.717) is 0 Å². The molecule has 0 radical (unpaired) electrons. The van der Waals surface area contributed by atoms with Crippen molar-refractivity contribution in [2.75, 3.05) is 6.61 Å². The van der Waals surface area contributed by atoms with Crippen molar-refractivity contribution in [1.82, 2.24) is 0 Å². The minimum Gasteiger partial charge on any atom is -0.473 e. The van der Waals surface area contributed by atoms with Gasteiger partial charge in [0.15, 0.2) is 0 Å². The highest BCUT2D eigenvalue weighted by molar-refractivity contribution is 6.28. The number of carbonyl (C=O) groups is 2. The highest BCUT2D eigenvalue weighted by atomic mass is 19.0. The molecule has 1 N–H and O–H groups in total. The monoisotopic (exact) mass is 138 g/mol. The molecule has 0 aliphatic heterocycles. The first-order valence-electron chi connectivity index (χ1n) is 2.08. The molecule has 0 spiro atoms. The van der Waals surface area contributed by atoms with Gasteiger partial charge in [0.1, 0.15) is 0 Å². The fourth-order valence-corrected chi connectivity index (χ4v) is 0.193. The number of carboxylic acids is 1. The average molecular weight is 138 g/mol. The molecule has 0 aromatic rings. The molecule has 0 saturated carbocycles. The van der Waals surface area contributed by atoms with Crippen LogP contribution in [-0.2, 0) is 14.3 Å². The average Bonchev–Trinajstić information content (AvgIpc) is 1.67. The van der Waals surface area contributed by atoms with Crippen LogP contribution in [0.15, 0.2) is 0 Å². The number of aliphatic carboxylic acids is 1. The Bertz CT molecular complexity index is 111. The van der Waals surface area contributed by atoms with Crippen molar-refractivity contribution in [1.29, 1.82) is 0 Å². The van der Waals surface area contributed by atoms with Gasteiger partial charge in [-0.1, -0.05) is 0 Å². The summed E-state index contributed by atoms with van der Waals surface area (Å²) in [6, 6.07) is 0. The first-order chi connectivity index (χ1) is 3.68. The van der Waals surface area contributed by atoms with Crippen LogP contribution in [0.25, 0.3) is 0 Å². The van der Waals surface area contributed by atoms with Crippen LogP contribution in [0, 0.1) is 0 Å². The molecule has 0 fully saturated rings. The van der Waals surface area contributed by atoms with E-state index in [1.165, 1.54) is 0 Å². The van der Waals surface area contributed by atoms with Crippen molar-refractivity contribution >= 4 is 11.9 Å². The molecular formula is C4H7FO4. The van der Waals surface area contributed by atoms with Crippen molar-refractivity contribution in [3.05, 3.63) is 0 Å². The molecule has 9 heavy (non-hydrogen) atoms. The lowest BCUT2D eigenvalue weighted by Gasteiger charge is -1.91. The van der Waals surface area contributed by atoms with E-state index in [1.54, 1.807) is 6.92 Å². The highest BCUT2D eigenvalue weighted by Crippen LogP contribution is 1.74. The van der Waals surface area contributed by atoms with Crippen molar-refractivity contribution in [2.45, 2.75) is 6.92 Å². The van der Waals surface area contributed by atoms with E-state index in [1.807, 2.05) is 0 Å². The molecule has 4 nitrogen and oxygen atoms in total. The standard InChI is InChI=1S/C4H6O4.FH/c1-2-8-4(7)3(5)6;/h2H2,1H3,(H,5,6);1H. The summed E-state index contributed by atoms with van der Waals surface area (Å²) in [5, 5.41) is 7.84. The van der Waals surface area contributed by atoms with Gasteiger partial charge in [-0.15, -0.1) is 0 Å². The van der Waals surface area contributed by atoms with Gasteiger partial charge in [0.2, 0.25) is 0 Å². The fourth-order valence-electron chi connectivity index (χ4n) is 0.193. The molecule has 0 aromatic heterocycles. The molecule has 0 aliphatic rings. The van der Waals surface area contributed by atoms with Gasteiger partial charge in [0.25, 0.3) is 0 Å². The Labute approximate surface area is 50.8 Å². The second-order valence-electron chi connectivity index (χ2n) is 1.03. The maximum Gasteiger partial charge on any atom is 0.417 e. The van der Waals surface area contributed by atoms with Gasteiger partial charge in [-0.25, -0.2) is 9.59 Å². The molecule has 0 heterocycles. The zero-order valence-corrected chi connectivity index (χ0v) is 4.79. The lowest BCUT2D eigenvalue weighted by atomic mass is 10.7. The second kappa shape index (κ2) is 5.02. The lowest BCUT2D eigenvalue weighted by Crippen LogP contribution is -2.15. The Balaban J connectivity index is 0. The number of hydrogen-bond donors (Lipinski definition) is 1. The second-order valence-corrected chi connectivity index (χ2v) is 1.03. The minimum atomic E-state index is -1.55. The molecule has 0 rings (SSSR count). The van der Waals surface area contributed by atoms with Crippen molar-refractivity contribution < 1.29 is 24.1 Å². The van der Waals surface area contributed by atoms with Crippen molar-refractivity contribution in [3.63, 3.8) is 0 Å². The summed E-state index contributed by atoms with van der Waals surface area (Å²) in [4.78, 5) is 19.5. The van der Waals surface area contributed by atoms with Crippen LogP contribution in [0.2, 0.25) is 0 Å². The van der Waals surface area contributed by atoms with E-state index in [9.17, 15) is 9.59 Å². The molecule has 0 atom stereocenters. The van der Waals surface area contributed by atoms with Crippen LogP contribution in [0.4, 0.5) is 4.70 Å². The Morgan fingerprint density at radius 1 is 1.56 bits per heavy atom. The van der Waals surface area contributed by atoms with Crippen LogP contribution >= 0.6 is 0 Å². The van der Waals surface area contributed by atoms with E-state index >= 15 is 0 Å². The molecule has 54 valence electrons. The molecule has 0 aromatic carbocycles. The first kappa shape index (κ1) is 10.8. The number of halogens is 1. The molecular weight excluding hydrogens is 131 g/mol. The molecule has 0 saturated heterocycles. The van der Waals surface area contributed by atoms with E-state index in [-0.39, 0.29) is 11.3 Å². The predicted octanol–water partition coefficient (Wildman–Crippen LogP) is -0.213. The summed E-state index contributed by atoms with van der Waals surface area (Å²) in [5.74, 6) is -2.75. The highest BCUT2D eigenvalue weighted by Gasteiger charge is 2.09. The zero-order valence-electron chi connectivity index (χ0n) is 4.79. The smallest absolute Gasteiger partial charge is 0.417 e. The number of carboxylic acid groups (broad SMARTS) is 1. The molecule has 5 heteroatoms. The van der Waals surface area contributed by atoms with Crippen LogP contribution in [0.5, 0.6) is 0 Å². The third-order valence-corrected chi connectivity index (χ3v) is 0.450. The van der Waals surface area contributed by atoms with E-state index in [0.717, 1.165) is 0 Å². The summed E-state index contributed by atoms with van der Waals surface area (Å²) in [7, 11) is 0. The van der Waals surface area contributed by atoms with E-state index < -0.39 is 11.9 Å². The minimum absolute atomic E-state index is 0. The van der Waals surface area contributed by atoms with Crippen molar-refractivity contribution in [2.24, 2.45) is 0 Å². The summed E-state index contributed by atoms with van der Waals surface area (Å²) >= 11 is 0. The normalized spacial score (nSPS) is 7.22. The van der Waals surface area contributed by atoms with Gasteiger partial charge in [-0.05, 0) is 6.92 Å². The number of esters is 1. The molecule has 0 amide bonds. The number of rotatable bonds is 1. The lowest BCUT2D eigenvalue weighted by molar-refractivity contribution is -0.163. The maximum atomic E-state index is 9.92. The Morgan fingerprint density at radius 3 is 2.11 bits per heavy atom. The molecule has 0 unspecified atom stereocenters. The van der Waals surface area contributed by atoms with Crippen LogP contribution in [0.3, 0.4) is 0 Å².